The molecule has 0 aliphatic carbocycles. The number of rotatable bonds is 3. The maximum absolute atomic E-state index is 11.5. The van der Waals surface area contributed by atoms with Crippen LogP contribution in [-0.4, -0.2) is 68.1 Å². The van der Waals surface area contributed by atoms with E-state index in [2.05, 4.69) is 15.5 Å². The fourth-order valence-electron chi connectivity index (χ4n) is 2.43. The second kappa shape index (κ2) is 6.07. The van der Waals surface area contributed by atoms with Crippen LogP contribution in [0.3, 0.4) is 0 Å². The van der Waals surface area contributed by atoms with Crippen LogP contribution in [0.15, 0.2) is 0 Å². The molecule has 110 valence electrons. The maximum atomic E-state index is 11.5. The quantitative estimate of drug-likeness (QED) is 0.767. The van der Waals surface area contributed by atoms with E-state index < -0.39 is 0 Å². The van der Waals surface area contributed by atoms with E-state index in [0.717, 1.165) is 32.7 Å². The summed E-state index contributed by atoms with van der Waals surface area (Å²) in [6.45, 7) is 10.7. The monoisotopic (exact) mass is 271 g/mol. The van der Waals surface area contributed by atoms with Crippen molar-refractivity contribution in [3.63, 3.8) is 0 Å². The van der Waals surface area contributed by atoms with Crippen LogP contribution in [0.2, 0.25) is 0 Å². The van der Waals surface area contributed by atoms with Crippen molar-refractivity contribution in [2.75, 3.05) is 39.3 Å². The minimum atomic E-state index is -0.345. The summed E-state index contributed by atoms with van der Waals surface area (Å²) in [5.74, 6) is 0. The van der Waals surface area contributed by atoms with Gasteiger partial charge < -0.3 is 20.1 Å². The lowest BCUT2D eigenvalue weighted by Gasteiger charge is -2.41. The molecule has 2 unspecified atom stereocenters. The summed E-state index contributed by atoms with van der Waals surface area (Å²) in [6, 6.07) is 0. The van der Waals surface area contributed by atoms with Gasteiger partial charge in [-0.05, 0) is 20.8 Å². The van der Waals surface area contributed by atoms with Crippen molar-refractivity contribution >= 4 is 6.09 Å². The number of hydrogen-bond donors (Lipinski definition) is 2. The third-order valence-electron chi connectivity index (χ3n) is 3.17. The number of morpholine rings is 2. The van der Waals surface area contributed by atoms with Crippen LogP contribution in [0.5, 0.6) is 0 Å². The number of nitrogens with one attached hydrogen (secondary N) is 2. The van der Waals surface area contributed by atoms with E-state index in [1.807, 2.05) is 20.8 Å². The van der Waals surface area contributed by atoms with Gasteiger partial charge in [-0.3, -0.25) is 4.90 Å². The van der Waals surface area contributed by atoms with Gasteiger partial charge in [-0.2, -0.15) is 0 Å². The van der Waals surface area contributed by atoms with Crippen molar-refractivity contribution in [2.45, 2.75) is 38.5 Å². The molecule has 2 bridgehead atoms. The summed E-state index contributed by atoms with van der Waals surface area (Å²) in [5.41, 5.74) is -0.251. The molecule has 2 atom stereocenters. The Morgan fingerprint density at radius 1 is 1.37 bits per heavy atom. The summed E-state index contributed by atoms with van der Waals surface area (Å²) in [6.07, 6.45) is 0.203. The molecule has 2 heterocycles. The SMILES string of the molecule is CC(C)(C)NC(=O)OCCN1CC2CNCC(C1)O2. The molecule has 2 aliphatic rings. The number of alkyl carbamates (subject to hydrolysis) is 1. The summed E-state index contributed by atoms with van der Waals surface area (Å²) >= 11 is 0. The molecule has 19 heavy (non-hydrogen) atoms. The molecular weight excluding hydrogens is 246 g/mol. The van der Waals surface area contributed by atoms with Crippen LogP contribution < -0.4 is 10.6 Å². The third kappa shape index (κ3) is 4.97. The topological polar surface area (TPSA) is 62.8 Å². The predicted molar refractivity (Wildman–Crippen MR) is 72.2 cm³/mol. The fourth-order valence-corrected chi connectivity index (χ4v) is 2.43. The van der Waals surface area contributed by atoms with Gasteiger partial charge in [-0.15, -0.1) is 0 Å². The Labute approximate surface area is 114 Å². The summed E-state index contributed by atoms with van der Waals surface area (Å²) in [5, 5.41) is 6.14. The van der Waals surface area contributed by atoms with Crippen LogP contribution in [-0.2, 0) is 9.47 Å². The molecule has 0 saturated carbocycles. The lowest BCUT2D eigenvalue weighted by molar-refractivity contribution is -0.105. The number of fused-ring (bicyclic) bond motifs is 2. The molecule has 0 aromatic carbocycles. The number of amides is 1. The Kier molecular flexibility index (Phi) is 4.65. The van der Waals surface area contributed by atoms with Gasteiger partial charge >= 0.3 is 6.09 Å². The minimum absolute atomic E-state index is 0.251. The van der Waals surface area contributed by atoms with E-state index >= 15 is 0 Å². The average molecular weight is 271 g/mol. The van der Waals surface area contributed by atoms with Crippen molar-refractivity contribution in [3.05, 3.63) is 0 Å². The van der Waals surface area contributed by atoms with Crippen molar-refractivity contribution in [3.8, 4) is 0 Å². The molecule has 1 amide bonds. The summed E-state index contributed by atoms with van der Waals surface area (Å²) < 4.78 is 11.0. The molecule has 2 N–H and O–H groups in total. The Morgan fingerprint density at radius 2 is 2.00 bits per heavy atom. The van der Waals surface area contributed by atoms with Crippen LogP contribution >= 0.6 is 0 Å². The zero-order valence-electron chi connectivity index (χ0n) is 12.1. The first-order valence-corrected chi connectivity index (χ1v) is 6.96. The largest absolute Gasteiger partial charge is 0.448 e. The summed E-state index contributed by atoms with van der Waals surface area (Å²) in [4.78, 5) is 13.8. The summed E-state index contributed by atoms with van der Waals surface area (Å²) in [7, 11) is 0. The normalized spacial score (nSPS) is 27.9. The number of ether oxygens (including phenoxy) is 2. The Morgan fingerprint density at radius 3 is 2.58 bits per heavy atom. The number of carbonyl (C=O) groups excluding carboxylic acids is 1. The van der Waals surface area contributed by atoms with Crippen molar-refractivity contribution in [2.24, 2.45) is 0 Å². The second-order valence-electron chi connectivity index (χ2n) is 6.31. The lowest BCUT2D eigenvalue weighted by Crippen LogP contribution is -2.58. The number of nitrogens with zero attached hydrogens (tertiary/aromatic N) is 1. The van der Waals surface area contributed by atoms with Crippen molar-refractivity contribution in [1.82, 2.24) is 15.5 Å². The van der Waals surface area contributed by atoms with Gasteiger partial charge in [0.15, 0.2) is 0 Å². The van der Waals surface area contributed by atoms with E-state index in [0.29, 0.717) is 6.61 Å². The first-order chi connectivity index (χ1) is 8.92. The predicted octanol–water partition coefficient (Wildman–Crippen LogP) is 0.184. The van der Waals surface area contributed by atoms with Crippen LogP contribution in [0, 0.1) is 0 Å². The Balaban J connectivity index is 1.64. The van der Waals surface area contributed by atoms with Gasteiger partial charge in [0.05, 0.1) is 12.2 Å². The van der Waals surface area contributed by atoms with E-state index in [4.69, 9.17) is 9.47 Å². The van der Waals surface area contributed by atoms with Gasteiger partial charge in [0.25, 0.3) is 0 Å². The molecule has 2 saturated heterocycles. The van der Waals surface area contributed by atoms with E-state index in [9.17, 15) is 4.79 Å². The van der Waals surface area contributed by atoms with E-state index in [1.54, 1.807) is 0 Å². The van der Waals surface area contributed by atoms with Gasteiger partial charge in [0.1, 0.15) is 6.61 Å². The molecule has 0 spiro atoms. The molecule has 2 rings (SSSR count). The average Bonchev–Trinajstić information content (AvgIpc) is 2.26. The first kappa shape index (κ1) is 14.6. The third-order valence-corrected chi connectivity index (χ3v) is 3.17. The highest BCUT2D eigenvalue weighted by Gasteiger charge is 2.30. The highest BCUT2D eigenvalue weighted by molar-refractivity contribution is 5.68. The van der Waals surface area contributed by atoms with E-state index in [-0.39, 0.29) is 23.8 Å². The van der Waals surface area contributed by atoms with Gasteiger partial charge in [-0.1, -0.05) is 0 Å². The molecular formula is C13H25N3O3. The Bertz CT molecular complexity index is 305. The lowest BCUT2D eigenvalue weighted by atomic mass is 10.1. The van der Waals surface area contributed by atoms with Crippen molar-refractivity contribution in [1.29, 1.82) is 0 Å². The maximum Gasteiger partial charge on any atom is 0.407 e. The zero-order chi connectivity index (χ0) is 13.9. The van der Waals surface area contributed by atoms with Gasteiger partial charge in [0, 0.05) is 38.3 Å². The van der Waals surface area contributed by atoms with E-state index in [1.165, 1.54) is 0 Å². The fraction of sp³-hybridized carbons (Fsp3) is 0.923. The van der Waals surface area contributed by atoms with Crippen molar-refractivity contribution < 1.29 is 14.3 Å². The Hall–Kier alpha value is -0.850. The minimum Gasteiger partial charge on any atom is -0.448 e. The number of carbonyl (C=O) groups is 1. The number of hydrogen-bond acceptors (Lipinski definition) is 5. The van der Waals surface area contributed by atoms with Gasteiger partial charge in [-0.25, -0.2) is 4.79 Å². The molecule has 6 nitrogen and oxygen atoms in total. The highest BCUT2D eigenvalue weighted by atomic mass is 16.5. The molecule has 2 fully saturated rings. The highest BCUT2D eigenvalue weighted by Crippen LogP contribution is 2.13. The second-order valence-corrected chi connectivity index (χ2v) is 6.31. The zero-order valence-corrected chi connectivity index (χ0v) is 12.1. The molecule has 0 radical (unpaired) electrons. The molecule has 2 aliphatic heterocycles. The smallest absolute Gasteiger partial charge is 0.407 e. The molecule has 0 aromatic heterocycles. The van der Waals surface area contributed by atoms with Gasteiger partial charge in [0.2, 0.25) is 0 Å². The standard InChI is InChI=1S/C13H25N3O3/c1-13(2,3)15-12(17)18-5-4-16-8-10-6-14-7-11(9-16)19-10/h10-11,14H,4-9H2,1-3H3,(H,15,17). The molecule has 0 aromatic rings. The van der Waals surface area contributed by atoms with Crippen LogP contribution in [0.25, 0.3) is 0 Å². The van der Waals surface area contributed by atoms with Crippen LogP contribution in [0.1, 0.15) is 20.8 Å². The first-order valence-electron chi connectivity index (χ1n) is 6.96. The molecule has 6 heteroatoms. The van der Waals surface area contributed by atoms with Crippen LogP contribution in [0.4, 0.5) is 4.79 Å².